The molecule has 0 saturated heterocycles. The molecule has 96 valence electrons. The Kier molecular flexibility index (Phi) is 4.47. The van der Waals surface area contributed by atoms with Crippen molar-refractivity contribution in [1.82, 2.24) is 0 Å². The van der Waals surface area contributed by atoms with Crippen molar-refractivity contribution in [3.05, 3.63) is 40.6 Å². The lowest BCUT2D eigenvalue weighted by atomic mass is 10.2. The maximum atomic E-state index is 5.32. The van der Waals surface area contributed by atoms with Gasteiger partial charge in [0.1, 0.15) is 11.5 Å². The second-order valence-electron chi connectivity index (χ2n) is 3.87. The molecule has 0 aliphatic heterocycles. The van der Waals surface area contributed by atoms with Crippen LogP contribution in [0.15, 0.2) is 35.0 Å². The van der Waals surface area contributed by atoms with Gasteiger partial charge in [0, 0.05) is 12.6 Å². The van der Waals surface area contributed by atoms with Crippen LogP contribution in [0.25, 0.3) is 0 Å². The van der Waals surface area contributed by atoms with E-state index in [0.717, 1.165) is 30.2 Å². The summed E-state index contributed by atoms with van der Waals surface area (Å²) in [6, 6.07) is 7.90. The van der Waals surface area contributed by atoms with Crippen molar-refractivity contribution in [1.29, 1.82) is 0 Å². The smallest absolute Gasteiger partial charge is 0.142 e. The minimum absolute atomic E-state index is 0.828. The lowest BCUT2D eigenvalue weighted by Gasteiger charge is -2.12. The predicted octanol–water partition coefficient (Wildman–Crippen LogP) is 3.42. The van der Waals surface area contributed by atoms with Gasteiger partial charge in [-0.15, -0.1) is 0 Å². The van der Waals surface area contributed by atoms with Crippen LogP contribution in [0.5, 0.6) is 11.5 Å². The highest BCUT2D eigenvalue weighted by molar-refractivity contribution is 7.07. The Morgan fingerprint density at radius 1 is 1.17 bits per heavy atom. The zero-order chi connectivity index (χ0) is 12.8. The van der Waals surface area contributed by atoms with Gasteiger partial charge >= 0.3 is 0 Å². The fourth-order valence-electron chi connectivity index (χ4n) is 1.73. The summed E-state index contributed by atoms with van der Waals surface area (Å²) in [4.78, 5) is 0. The van der Waals surface area contributed by atoms with Crippen LogP contribution in [-0.4, -0.2) is 20.8 Å². The molecule has 1 N–H and O–H groups in total. The van der Waals surface area contributed by atoms with Crippen LogP contribution in [-0.2, 0) is 6.42 Å². The average molecular weight is 263 g/mol. The first-order chi connectivity index (χ1) is 8.83. The van der Waals surface area contributed by atoms with E-state index in [1.165, 1.54) is 5.56 Å². The van der Waals surface area contributed by atoms with E-state index in [9.17, 15) is 0 Å². The fourth-order valence-corrected chi connectivity index (χ4v) is 2.43. The summed E-state index contributed by atoms with van der Waals surface area (Å²) in [5, 5.41) is 7.65. The highest BCUT2D eigenvalue weighted by Gasteiger charge is 2.04. The molecule has 1 aromatic carbocycles. The van der Waals surface area contributed by atoms with Crippen LogP contribution in [0.4, 0.5) is 5.69 Å². The van der Waals surface area contributed by atoms with E-state index >= 15 is 0 Å². The third kappa shape index (κ3) is 3.17. The summed E-state index contributed by atoms with van der Waals surface area (Å²) in [5.41, 5.74) is 2.32. The van der Waals surface area contributed by atoms with Crippen LogP contribution in [0.3, 0.4) is 0 Å². The van der Waals surface area contributed by atoms with Gasteiger partial charge in [-0.2, -0.15) is 11.3 Å². The first kappa shape index (κ1) is 12.8. The first-order valence-corrected chi connectivity index (χ1v) is 6.74. The molecule has 0 atom stereocenters. The van der Waals surface area contributed by atoms with Gasteiger partial charge < -0.3 is 14.8 Å². The molecule has 0 spiro atoms. The average Bonchev–Trinajstić information content (AvgIpc) is 2.92. The molecule has 1 heterocycles. The summed E-state index contributed by atoms with van der Waals surface area (Å²) in [5.74, 6) is 1.66. The molecule has 0 aliphatic carbocycles. The van der Waals surface area contributed by atoms with Crippen LogP contribution < -0.4 is 14.8 Å². The summed E-state index contributed by atoms with van der Waals surface area (Å²) >= 11 is 1.73. The Bertz CT molecular complexity index is 483. The van der Waals surface area contributed by atoms with Crippen LogP contribution in [0, 0.1) is 0 Å². The first-order valence-electron chi connectivity index (χ1n) is 5.80. The normalized spacial score (nSPS) is 10.1. The third-order valence-corrected chi connectivity index (χ3v) is 3.45. The maximum Gasteiger partial charge on any atom is 0.142 e. The van der Waals surface area contributed by atoms with E-state index in [2.05, 4.69) is 22.1 Å². The van der Waals surface area contributed by atoms with E-state index in [4.69, 9.17) is 9.47 Å². The van der Waals surface area contributed by atoms with Gasteiger partial charge in [-0.05, 0) is 40.9 Å². The van der Waals surface area contributed by atoms with Crippen LogP contribution in [0.1, 0.15) is 5.56 Å². The Morgan fingerprint density at radius 2 is 2.06 bits per heavy atom. The molecule has 3 nitrogen and oxygen atoms in total. The number of benzene rings is 1. The molecule has 0 aliphatic rings. The molecule has 0 fully saturated rings. The summed E-state index contributed by atoms with van der Waals surface area (Å²) < 4.78 is 10.5. The molecule has 0 bridgehead atoms. The Morgan fingerprint density at radius 3 is 2.72 bits per heavy atom. The van der Waals surface area contributed by atoms with E-state index in [-0.39, 0.29) is 0 Å². The minimum atomic E-state index is 0.828. The molecule has 1 aromatic heterocycles. The second-order valence-corrected chi connectivity index (χ2v) is 4.65. The number of hydrogen-bond acceptors (Lipinski definition) is 4. The highest BCUT2D eigenvalue weighted by Crippen LogP contribution is 2.28. The van der Waals surface area contributed by atoms with Crippen molar-refractivity contribution in [2.24, 2.45) is 0 Å². The Labute approximate surface area is 111 Å². The molecular weight excluding hydrogens is 246 g/mol. The van der Waals surface area contributed by atoms with Gasteiger partial charge in [0.25, 0.3) is 0 Å². The van der Waals surface area contributed by atoms with Gasteiger partial charge in [0.2, 0.25) is 0 Å². The van der Waals surface area contributed by atoms with Crippen molar-refractivity contribution in [2.75, 3.05) is 26.1 Å². The van der Waals surface area contributed by atoms with Gasteiger partial charge in [0.15, 0.2) is 0 Å². The van der Waals surface area contributed by atoms with Crippen molar-refractivity contribution < 1.29 is 9.47 Å². The Hall–Kier alpha value is -1.68. The maximum absolute atomic E-state index is 5.32. The quantitative estimate of drug-likeness (QED) is 0.866. The highest BCUT2D eigenvalue weighted by atomic mass is 32.1. The number of ether oxygens (including phenoxy) is 2. The predicted molar refractivity (Wildman–Crippen MR) is 76.1 cm³/mol. The Balaban J connectivity index is 1.98. The fraction of sp³-hybridized carbons (Fsp3) is 0.286. The summed E-state index contributed by atoms with van der Waals surface area (Å²) in [6.45, 7) is 0.875. The number of hydrogen-bond donors (Lipinski definition) is 1. The summed E-state index contributed by atoms with van der Waals surface area (Å²) in [6.07, 6.45) is 1.00. The SMILES string of the molecule is COc1ccc(OC)c(NCCc2ccsc2)c1. The molecule has 0 saturated carbocycles. The van der Waals surface area contributed by atoms with E-state index in [1.54, 1.807) is 25.6 Å². The molecule has 2 rings (SSSR count). The van der Waals surface area contributed by atoms with Crippen LogP contribution in [0.2, 0.25) is 0 Å². The van der Waals surface area contributed by atoms with Crippen molar-refractivity contribution in [3.8, 4) is 11.5 Å². The number of rotatable bonds is 6. The molecule has 4 heteroatoms. The molecule has 0 amide bonds. The molecule has 2 aromatic rings. The zero-order valence-corrected chi connectivity index (χ0v) is 11.4. The molecule has 0 radical (unpaired) electrons. The minimum Gasteiger partial charge on any atom is -0.497 e. The summed E-state index contributed by atoms with van der Waals surface area (Å²) in [7, 11) is 3.34. The number of nitrogens with one attached hydrogen (secondary N) is 1. The molecule has 0 unspecified atom stereocenters. The monoisotopic (exact) mass is 263 g/mol. The molecule has 18 heavy (non-hydrogen) atoms. The lowest BCUT2D eigenvalue weighted by Crippen LogP contribution is -2.05. The number of thiophene rings is 1. The lowest BCUT2D eigenvalue weighted by molar-refractivity contribution is 0.404. The van der Waals surface area contributed by atoms with Gasteiger partial charge in [0.05, 0.1) is 19.9 Å². The standard InChI is InChI=1S/C14H17NO2S/c1-16-12-3-4-14(17-2)13(9-12)15-7-5-11-6-8-18-10-11/h3-4,6,8-10,15H,5,7H2,1-2H3. The van der Waals surface area contributed by atoms with Crippen molar-refractivity contribution in [3.63, 3.8) is 0 Å². The number of anilines is 1. The van der Waals surface area contributed by atoms with Crippen molar-refractivity contribution >= 4 is 17.0 Å². The van der Waals surface area contributed by atoms with E-state index in [1.807, 2.05) is 18.2 Å². The van der Waals surface area contributed by atoms with E-state index < -0.39 is 0 Å². The zero-order valence-electron chi connectivity index (χ0n) is 10.6. The van der Waals surface area contributed by atoms with Gasteiger partial charge in [-0.3, -0.25) is 0 Å². The topological polar surface area (TPSA) is 30.5 Å². The number of methoxy groups -OCH3 is 2. The largest absolute Gasteiger partial charge is 0.497 e. The molecular formula is C14H17NO2S. The van der Waals surface area contributed by atoms with Crippen molar-refractivity contribution in [2.45, 2.75) is 6.42 Å². The third-order valence-electron chi connectivity index (χ3n) is 2.72. The van der Waals surface area contributed by atoms with Crippen LogP contribution >= 0.6 is 11.3 Å². The second kappa shape index (κ2) is 6.31. The van der Waals surface area contributed by atoms with Gasteiger partial charge in [-0.25, -0.2) is 0 Å². The van der Waals surface area contributed by atoms with E-state index in [0.29, 0.717) is 0 Å². The van der Waals surface area contributed by atoms with Gasteiger partial charge in [-0.1, -0.05) is 0 Å².